The molecule has 39 heavy (non-hydrogen) atoms. The number of fused-ring (bicyclic) bond motifs is 1. The maximum atomic E-state index is 13.8. The molecule has 0 spiro atoms. The molecule has 0 saturated heterocycles. The zero-order chi connectivity index (χ0) is 27.6. The summed E-state index contributed by atoms with van der Waals surface area (Å²) in [5.74, 6) is 0.916. The Balaban J connectivity index is 1.73. The summed E-state index contributed by atoms with van der Waals surface area (Å²) in [6.45, 7) is 6.96. The number of nitrogens with one attached hydrogen (secondary N) is 1. The van der Waals surface area contributed by atoms with Crippen LogP contribution in [0.5, 0.6) is 5.75 Å². The lowest BCUT2D eigenvalue weighted by atomic mass is 10.00. The number of pyridine rings is 1. The van der Waals surface area contributed by atoms with Gasteiger partial charge in [-0.2, -0.15) is 0 Å². The van der Waals surface area contributed by atoms with E-state index in [0.29, 0.717) is 35.7 Å². The van der Waals surface area contributed by atoms with E-state index in [9.17, 15) is 9.18 Å². The van der Waals surface area contributed by atoms with Gasteiger partial charge in [0.1, 0.15) is 17.6 Å². The molecular weight excluding hydrogens is 495 g/mol. The molecule has 3 aromatic carbocycles. The number of hydrogen-bond donors (Lipinski definition) is 1. The van der Waals surface area contributed by atoms with E-state index < -0.39 is 11.6 Å². The van der Waals surface area contributed by atoms with Crippen LogP contribution in [0, 0.1) is 5.82 Å². The molecule has 0 aliphatic rings. The lowest BCUT2D eigenvalue weighted by molar-refractivity contribution is 0.184. The maximum Gasteiger partial charge on any atom is 0.253 e. The van der Waals surface area contributed by atoms with Crippen LogP contribution in [0.3, 0.4) is 0 Å². The molecule has 5 aromatic rings. The van der Waals surface area contributed by atoms with Gasteiger partial charge >= 0.3 is 0 Å². The highest BCUT2D eigenvalue weighted by molar-refractivity contribution is 5.80. The molecule has 200 valence electrons. The number of nitrogens with zero attached hydrogens (tertiary/aromatic N) is 5. The van der Waals surface area contributed by atoms with E-state index in [1.165, 1.54) is 12.1 Å². The largest absolute Gasteiger partial charge is 0.497 e. The van der Waals surface area contributed by atoms with Crippen molar-refractivity contribution >= 4 is 10.9 Å². The average Bonchev–Trinajstić information content (AvgIpc) is 3.41. The van der Waals surface area contributed by atoms with E-state index in [0.717, 1.165) is 16.5 Å². The van der Waals surface area contributed by atoms with Gasteiger partial charge in [0, 0.05) is 29.6 Å². The summed E-state index contributed by atoms with van der Waals surface area (Å²) >= 11 is 0. The van der Waals surface area contributed by atoms with Gasteiger partial charge in [0.25, 0.3) is 5.56 Å². The second-order valence-electron chi connectivity index (χ2n) is 10.5. The summed E-state index contributed by atoms with van der Waals surface area (Å²) in [4.78, 5) is 18.9. The molecule has 2 heterocycles. The first kappa shape index (κ1) is 26.2. The summed E-state index contributed by atoms with van der Waals surface area (Å²) in [6.07, 6.45) is 0. The molecule has 0 bridgehead atoms. The number of aromatic nitrogens is 5. The number of tetrazole rings is 1. The van der Waals surface area contributed by atoms with E-state index in [4.69, 9.17) is 4.74 Å². The van der Waals surface area contributed by atoms with Crippen LogP contribution >= 0.6 is 0 Å². The van der Waals surface area contributed by atoms with Crippen molar-refractivity contribution in [3.05, 3.63) is 118 Å². The van der Waals surface area contributed by atoms with Gasteiger partial charge in [-0.15, -0.1) is 5.10 Å². The number of ether oxygens (including phenoxy) is 1. The molecule has 0 unspecified atom stereocenters. The van der Waals surface area contributed by atoms with Crippen LogP contribution in [0.4, 0.5) is 4.39 Å². The SMILES string of the molecule is COc1ccc2[nH]c(=O)c([C@H](c3nnnn3C(C)(C)C)N(Cc3ccccc3)Cc3ccc(F)cc3)cc2c1. The quantitative estimate of drug-likeness (QED) is 0.299. The first-order valence-electron chi connectivity index (χ1n) is 12.7. The molecule has 5 rings (SSSR count). The minimum atomic E-state index is -0.621. The maximum absolute atomic E-state index is 13.8. The number of methoxy groups -OCH3 is 1. The van der Waals surface area contributed by atoms with Crippen molar-refractivity contribution in [2.75, 3.05) is 7.11 Å². The number of rotatable bonds is 8. The highest BCUT2D eigenvalue weighted by atomic mass is 19.1. The Hall–Kier alpha value is -4.37. The third-order valence-corrected chi connectivity index (χ3v) is 6.64. The van der Waals surface area contributed by atoms with Crippen LogP contribution in [-0.4, -0.2) is 37.2 Å². The van der Waals surface area contributed by atoms with Crippen LogP contribution in [0.1, 0.15) is 49.3 Å². The van der Waals surface area contributed by atoms with Gasteiger partial charge in [-0.3, -0.25) is 9.69 Å². The van der Waals surface area contributed by atoms with E-state index in [1.54, 1.807) is 23.9 Å². The van der Waals surface area contributed by atoms with Crippen molar-refractivity contribution in [1.29, 1.82) is 0 Å². The van der Waals surface area contributed by atoms with Crippen molar-refractivity contribution in [1.82, 2.24) is 30.1 Å². The topological polar surface area (TPSA) is 88.9 Å². The Morgan fingerprint density at radius 3 is 2.33 bits per heavy atom. The Morgan fingerprint density at radius 2 is 1.67 bits per heavy atom. The second kappa shape index (κ2) is 10.8. The molecule has 0 aliphatic carbocycles. The van der Waals surface area contributed by atoms with Gasteiger partial charge in [0.05, 0.1) is 12.6 Å². The lowest BCUT2D eigenvalue weighted by Crippen LogP contribution is -2.37. The minimum absolute atomic E-state index is 0.238. The molecule has 9 heteroatoms. The average molecular weight is 527 g/mol. The summed E-state index contributed by atoms with van der Waals surface area (Å²) < 4.78 is 21.0. The monoisotopic (exact) mass is 526 g/mol. The first-order valence-corrected chi connectivity index (χ1v) is 12.7. The van der Waals surface area contributed by atoms with Crippen molar-refractivity contribution in [2.45, 2.75) is 45.4 Å². The Morgan fingerprint density at radius 1 is 0.974 bits per heavy atom. The van der Waals surface area contributed by atoms with E-state index in [-0.39, 0.29) is 11.4 Å². The summed E-state index contributed by atoms with van der Waals surface area (Å²) in [5, 5.41) is 13.6. The van der Waals surface area contributed by atoms with Crippen LogP contribution in [0.2, 0.25) is 0 Å². The fourth-order valence-corrected chi connectivity index (χ4v) is 4.75. The number of aromatic amines is 1. The van der Waals surface area contributed by atoms with Crippen molar-refractivity contribution in [2.24, 2.45) is 0 Å². The van der Waals surface area contributed by atoms with Gasteiger partial charge in [0.15, 0.2) is 5.82 Å². The van der Waals surface area contributed by atoms with Crippen LogP contribution in [-0.2, 0) is 18.6 Å². The Kier molecular flexibility index (Phi) is 7.26. The predicted molar refractivity (Wildman–Crippen MR) is 148 cm³/mol. The van der Waals surface area contributed by atoms with Crippen molar-refractivity contribution in [3.8, 4) is 5.75 Å². The molecule has 0 amide bonds. The molecule has 0 aliphatic heterocycles. The molecule has 0 radical (unpaired) electrons. The standard InChI is InChI=1S/C30H31FN6O2/c1-30(2,3)37-28(33-34-35-37)27(25-17-22-16-24(39-4)14-15-26(22)32-29(25)38)36(18-20-8-6-5-7-9-20)19-21-10-12-23(31)13-11-21/h5-17,27H,18-19H2,1-4H3,(H,32,38)/t27-/m1/s1. The van der Waals surface area contributed by atoms with E-state index in [1.807, 2.05) is 75.4 Å². The van der Waals surface area contributed by atoms with E-state index in [2.05, 4.69) is 25.4 Å². The lowest BCUT2D eigenvalue weighted by Gasteiger charge is -2.33. The van der Waals surface area contributed by atoms with Crippen LogP contribution in [0.25, 0.3) is 10.9 Å². The molecule has 0 saturated carbocycles. The smallest absolute Gasteiger partial charge is 0.253 e. The number of halogens is 1. The predicted octanol–water partition coefficient (Wildman–Crippen LogP) is 5.21. The fourth-order valence-electron chi connectivity index (χ4n) is 4.75. The molecule has 8 nitrogen and oxygen atoms in total. The van der Waals surface area contributed by atoms with Gasteiger partial charge in [-0.25, -0.2) is 9.07 Å². The highest BCUT2D eigenvalue weighted by Gasteiger charge is 2.33. The molecule has 1 N–H and O–H groups in total. The normalized spacial score (nSPS) is 12.7. The summed E-state index contributed by atoms with van der Waals surface area (Å²) in [5.41, 5.74) is 2.46. The van der Waals surface area contributed by atoms with Gasteiger partial charge in [-0.1, -0.05) is 42.5 Å². The number of benzene rings is 3. The third-order valence-electron chi connectivity index (χ3n) is 6.64. The number of H-pyrrole nitrogens is 1. The summed E-state index contributed by atoms with van der Waals surface area (Å²) in [7, 11) is 1.61. The first-order chi connectivity index (χ1) is 18.7. The summed E-state index contributed by atoms with van der Waals surface area (Å²) in [6, 6.07) is 23.2. The third kappa shape index (κ3) is 5.73. The van der Waals surface area contributed by atoms with Crippen LogP contribution < -0.4 is 10.3 Å². The van der Waals surface area contributed by atoms with Gasteiger partial charge in [-0.05, 0) is 78.7 Å². The number of hydrogen-bond acceptors (Lipinski definition) is 6. The molecule has 0 fully saturated rings. The van der Waals surface area contributed by atoms with Crippen molar-refractivity contribution in [3.63, 3.8) is 0 Å². The van der Waals surface area contributed by atoms with E-state index >= 15 is 0 Å². The molecule has 2 aromatic heterocycles. The van der Waals surface area contributed by atoms with Crippen molar-refractivity contribution < 1.29 is 9.13 Å². The molecule has 1 atom stereocenters. The minimum Gasteiger partial charge on any atom is -0.497 e. The van der Waals surface area contributed by atoms with Gasteiger partial charge < -0.3 is 9.72 Å². The zero-order valence-electron chi connectivity index (χ0n) is 22.4. The second-order valence-corrected chi connectivity index (χ2v) is 10.5. The highest BCUT2D eigenvalue weighted by Crippen LogP contribution is 2.32. The Bertz CT molecular complexity index is 1620. The van der Waals surface area contributed by atoms with Gasteiger partial charge in [0.2, 0.25) is 0 Å². The molecular formula is C30H31FN6O2. The zero-order valence-corrected chi connectivity index (χ0v) is 22.4. The fraction of sp³-hybridized carbons (Fsp3) is 0.267. The Labute approximate surface area is 226 Å². The van der Waals surface area contributed by atoms with Crippen LogP contribution in [0.15, 0.2) is 83.7 Å².